The van der Waals surface area contributed by atoms with Crippen molar-refractivity contribution < 1.29 is 43.0 Å². The summed E-state index contributed by atoms with van der Waals surface area (Å²) in [4.78, 5) is 75.3. The molecule has 0 aliphatic rings. The van der Waals surface area contributed by atoms with Gasteiger partial charge in [0.15, 0.2) is 0 Å². The highest BCUT2D eigenvalue weighted by atomic mass is 127. The minimum absolute atomic E-state index is 0.00877. The zero-order chi connectivity index (χ0) is 43.0. The van der Waals surface area contributed by atoms with Crippen molar-refractivity contribution >= 4 is 63.9 Å². The molecule has 16 nitrogen and oxygen atoms in total. The monoisotopic (exact) mass is 917 g/mol. The van der Waals surface area contributed by atoms with E-state index in [0.29, 0.717) is 69.0 Å². The van der Waals surface area contributed by atoms with Crippen LogP contribution in [0.1, 0.15) is 106 Å². The number of alkyl halides is 1. The van der Waals surface area contributed by atoms with Gasteiger partial charge in [0.2, 0.25) is 17.7 Å². The molecule has 0 aliphatic heterocycles. The fourth-order valence-electron chi connectivity index (χ4n) is 5.40. The van der Waals surface area contributed by atoms with E-state index >= 15 is 0 Å². The van der Waals surface area contributed by atoms with E-state index in [-0.39, 0.29) is 50.2 Å². The van der Waals surface area contributed by atoms with Crippen LogP contribution in [0.3, 0.4) is 0 Å². The van der Waals surface area contributed by atoms with Crippen LogP contribution in [0.15, 0.2) is 24.3 Å². The zero-order valence-corrected chi connectivity index (χ0v) is 37.3. The maximum Gasteiger partial charge on any atom is 0.407 e. The molecule has 2 atom stereocenters. The van der Waals surface area contributed by atoms with Crippen molar-refractivity contribution in [1.29, 1.82) is 0 Å². The summed E-state index contributed by atoms with van der Waals surface area (Å²) >= 11 is 2.17. The number of hydrogen-bond acceptors (Lipinski definition) is 10. The third-order valence-corrected chi connectivity index (χ3v) is 9.32. The summed E-state index contributed by atoms with van der Waals surface area (Å²) in [5.41, 5.74) is 5.30. The van der Waals surface area contributed by atoms with Gasteiger partial charge in [-0.1, -0.05) is 62.4 Å². The summed E-state index contributed by atoms with van der Waals surface area (Å²) in [5, 5.41) is 16.6. The molecule has 6 amide bonds. The lowest BCUT2D eigenvalue weighted by molar-refractivity contribution is -0.133. The molecule has 0 unspecified atom stereocenters. The number of anilines is 1. The number of Topliss-reactive ketones (excluding diaryl/α,β-unsaturated/α-hetero) is 1. The van der Waals surface area contributed by atoms with Gasteiger partial charge in [0.25, 0.3) is 0 Å². The van der Waals surface area contributed by atoms with E-state index in [1.807, 2.05) is 41.5 Å². The van der Waals surface area contributed by atoms with E-state index in [4.69, 9.17) is 19.9 Å². The van der Waals surface area contributed by atoms with Gasteiger partial charge in [-0.05, 0) is 82.9 Å². The molecule has 0 bridgehead atoms. The first-order valence-electron chi connectivity index (χ1n) is 19.7. The second kappa shape index (κ2) is 27.2. The first-order valence-corrected chi connectivity index (χ1v) is 21.3. The van der Waals surface area contributed by atoms with Gasteiger partial charge >= 0.3 is 12.1 Å². The van der Waals surface area contributed by atoms with Crippen LogP contribution in [0.2, 0.25) is 0 Å². The van der Waals surface area contributed by atoms with Crippen molar-refractivity contribution in [2.45, 2.75) is 130 Å². The molecule has 8 N–H and O–H groups in total. The average molecular weight is 918 g/mol. The number of alkyl carbamates (subject to hydrolysis) is 1. The predicted molar refractivity (Wildman–Crippen MR) is 229 cm³/mol. The Balaban J connectivity index is 2.74. The fraction of sp³-hybridized carbons (Fsp3) is 0.700. The number of carbonyl (C=O) groups excluding carboxylic acids is 6. The van der Waals surface area contributed by atoms with E-state index < -0.39 is 47.2 Å². The van der Waals surface area contributed by atoms with Gasteiger partial charge in [0, 0.05) is 42.7 Å². The average Bonchev–Trinajstić information content (AvgIpc) is 3.11. The van der Waals surface area contributed by atoms with E-state index in [0.717, 1.165) is 4.55 Å². The molecule has 1 aromatic rings. The lowest BCUT2D eigenvalue weighted by atomic mass is 9.96. The van der Waals surface area contributed by atoms with Gasteiger partial charge in [0.1, 0.15) is 24.5 Å². The van der Waals surface area contributed by atoms with Crippen LogP contribution in [0.25, 0.3) is 0 Å². The molecule has 0 fully saturated rings. The molecule has 0 spiro atoms. The number of benzene rings is 1. The molecule has 57 heavy (non-hydrogen) atoms. The third-order valence-electron chi connectivity index (χ3n) is 8.79. The number of amides is 6. The molecule has 17 heteroatoms. The van der Waals surface area contributed by atoms with E-state index in [1.165, 1.54) is 0 Å². The molecule has 0 radical (unpaired) electrons. The van der Waals surface area contributed by atoms with Gasteiger partial charge in [-0.3, -0.25) is 19.2 Å². The van der Waals surface area contributed by atoms with Crippen LogP contribution in [0.5, 0.6) is 0 Å². The summed E-state index contributed by atoms with van der Waals surface area (Å²) in [6.07, 6.45) is 2.22. The second-order valence-electron chi connectivity index (χ2n) is 16.0. The third kappa shape index (κ3) is 24.7. The zero-order valence-electron chi connectivity index (χ0n) is 35.1. The number of urea groups is 1. The summed E-state index contributed by atoms with van der Waals surface area (Å²) in [5.74, 6) is -1.16. The number of carbonyl (C=O) groups is 6. The minimum Gasteiger partial charge on any atom is -0.445 e. The van der Waals surface area contributed by atoms with Crippen molar-refractivity contribution in [3.63, 3.8) is 0 Å². The van der Waals surface area contributed by atoms with Crippen LogP contribution in [-0.2, 0) is 40.0 Å². The lowest BCUT2D eigenvalue weighted by Gasteiger charge is -2.30. The molecular formula is C40H68IN7O9. The number of primary amides is 1. The largest absolute Gasteiger partial charge is 0.445 e. The van der Waals surface area contributed by atoms with E-state index in [2.05, 4.69) is 54.5 Å². The molecule has 324 valence electrons. The van der Waals surface area contributed by atoms with Crippen molar-refractivity contribution in [2.24, 2.45) is 17.6 Å². The minimum atomic E-state index is -1.00. The Hall–Kier alpha value is -3.55. The highest BCUT2D eigenvalue weighted by Gasteiger charge is 2.29. The standard InChI is InChI=1S/C40H68IN7O9/c1-27(2)24-31(49)15-17-39(5,6)57-23-18-40(7,8)56-22-16-33(50)48-34(28(3)4)36(52)47-32(10-9-19-44-37(42)53)35(51)46-30-13-11-29(12-14-30)25-55-38(54)45-21-20-43-26-41/h11-14,27-28,32,34,43H,9-10,15-26H2,1-8H3,(H,45,54)(H,46,51)(H,47,52)(H,48,50)(H3,42,44,53)/t32-,34-/m0/s1. The quantitative estimate of drug-likeness (QED) is 0.0254. The van der Waals surface area contributed by atoms with Gasteiger partial charge < -0.3 is 51.8 Å². The molecule has 0 heterocycles. The van der Waals surface area contributed by atoms with Crippen LogP contribution in [-0.4, -0.2) is 96.3 Å². The SMILES string of the molecule is CC(C)CC(=O)CCC(C)(C)OCCC(C)(C)OCCC(=O)N[C@H](C(=O)N[C@@H](CCCNC(N)=O)C(=O)Nc1ccc(COC(=O)NCCNCI)cc1)C(C)C. The highest BCUT2D eigenvalue weighted by molar-refractivity contribution is 14.1. The van der Waals surface area contributed by atoms with E-state index in [1.54, 1.807) is 38.1 Å². The van der Waals surface area contributed by atoms with Gasteiger partial charge in [-0.25, -0.2) is 9.59 Å². The summed E-state index contributed by atoms with van der Waals surface area (Å²) in [7, 11) is 0. The summed E-state index contributed by atoms with van der Waals surface area (Å²) in [6, 6.07) is 4.07. The molecule has 0 saturated carbocycles. The Morgan fingerprint density at radius 3 is 2.05 bits per heavy atom. The fourth-order valence-corrected chi connectivity index (χ4v) is 5.78. The van der Waals surface area contributed by atoms with Gasteiger partial charge in [-0.2, -0.15) is 0 Å². The summed E-state index contributed by atoms with van der Waals surface area (Å²) < 4.78 is 18.1. The van der Waals surface area contributed by atoms with Crippen LogP contribution in [0, 0.1) is 11.8 Å². The number of ketones is 1. The first-order chi connectivity index (χ1) is 26.7. The van der Waals surface area contributed by atoms with Crippen molar-refractivity contribution in [3.05, 3.63) is 29.8 Å². The van der Waals surface area contributed by atoms with Crippen molar-refractivity contribution in [2.75, 3.05) is 42.7 Å². The maximum absolute atomic E-state index is 13.6. The topological polar surface area (TPSA) is 228 Å². The van der Waals surface area contributed by atoms with Crippen molar-refractivity contribution in [3.8, 4) is 0 Å². The Bertz CT molecular complexity index is 1410. The number of ether oxygens (including phenoxy) is 3. The van der Waals surface area contributed by atoms with Crippen molar-refractivity contribution in [1.82, 2.24) is 26.6 Å². The molecule has 1 aromatic carbocycles. The van der Waals surface area contributed by atoms with Crippen LogP contribution >= 0.6 is 22.6 Å². The number of halogens is 1. The van der Waals surface area contributed by atoms with Crippen LogP contribution < -0.4 is 37.6 Å². The first kappa shape index (κ1) is 51.5. The molecule has 0 aliphatic carbocycles. The molecule has 1 rings (SSSR count). The molecule has 0 saturated heterocycles. The Morgan fingerprint density at radius 1 is 0.789 bits per heavy atom. The number of hydrogen-bond donors (Lipinski definition) is 7. The second-order valence-corrected chi connectivity index (χ2v) is 16.7. The number of rotatable bonds is 29. The normalized spacial score (nSPS) is 12.8. The van der Waals surface area contributed by atoms with Gasteiger partial charge in [-0.15, -0.1) is 0 Å². The maximum atomic E-state index is 13.6. The molecular weight excluding hydrogens is 849 g/mol. The van der Waals surface area contributed by atoms with E-state index in [9.17, 15) is 28.8 Å². The molecule has 0 aromatic heterocycles. The smallest absolute Gasteiger partial charge is 0.407 e. The Kier molecular flexibility index (Phi) is 24.6. The lowest BCUT2D eigenvalue weighted by Crippen LogP contribution is -2.54. The predicted octanol–water partition coefficient (Wildman–Crippen LogP) is 4.67. The number of nitrogens with one attached hydrogen (secondary N) is 6. The van der Waals surface area contributed by atoms with Gasteiger partial charge in [0.05, 0.1) is 30.8 Å². The summed E-state index contributed by atoms with van der Waals surface area (Å²) in [6.45, 7) is 17.2. The Labute approximate surface area is 352 Å². The number of nitrogens with two attached hydrogens (primary N) is 1. The van der Waals surface area contributed by atoms with Crippen LogP contribution in [0.4, 0.5) is 15.3 Å². The Morgan fingerprint density at radius 2 is 1.44 bits per heavy atom. The highest BCUT2D eigenvalue weighted by Crippen LogP contribution is 2.22.